The van der Waals surface area contributed by atoms with Gasteiger partial charge in [-0.05, 0) is 38.0 Å². The number of rotatable bonds is 8. The number of hydrogen-bond acceptors (Lipinski definition) is 5. The average molecular weight is 290 g/mol. The van der Waals surface area contributed by atoms with Gasteiger partial charge in [0, 0.05) is 19.2 Å². The van der Waals surface area contributed by atoms with E-state index in [1.807, 2.05) is 6.92 Å². The normalized spacial score (nSPS) is 22.1. The second kappa shape index (κ2) is 7.99. The number of benzene rings is 1. The Balaban J connectivity index is 1.62. The summed E-state index contributed by atoms with van der Waals surface area (Å²) >= 11 is 0. The highest BCUT2D eigenvalue weighted by atomic mass is 16.5. The van der Waals surface area contributed by atoms with Gasteiger partial charge in [-0.25, -0.2) is 0 Å². The summed E-state index contributed by atoms with van der Waals surface area (Å²) in [5.41, 5.74) is 0.552. The number of nitriles is 1. The molecule has 5 heteroatoms. The fraction of sp³-hybridized carbons (Fsp3) is 0.562. The summed E-state index contributed by atoms with van der Waals surface area (Å²) in [5, 5.41) is 22.0. The summed E-state index contributed by atoms with van der Waals surface area (Å²) in [5.74, 6) is 0.605. The number of nitrogens with one attached hydrogen (secondary N) is 1. The van der Waals surface area contributed by atoms with E-state index in [1.54, 1.807) is 24.3 Å². The molecule has 114 valence electrons. The maximum atomic E-state index is 9.89. The van der Waals surface area contributed by atoms with Crippen LogP contribution in [0.1, 0.15) is 25.3 Å². The van der Waals surface area contributed by atoms with Crippen molar-refractivity contribution >= 4 is 0 Å². The highest BCUT2D eigenvalue weighted by Crippen LogP contribution is 2.23. The predicted molar refractivity (Wildman–Crippen MR) is 79.1 cm³/mol. The molecule has 1 aromatic rings. The number of ether oxygens (including phenoxy) is 2. The third kappa shape index (κ3) is 5.01. The van der Waals surface area contributed by atoms with Crippen molar-refractivity contribution in [2.24, 2.45) is 0 Å². The largest absolute Gasteiger partial charge is 0.491 e. The SMILES string of the molecule is CCOC1CC(NCC(O)COc2cccc(C#N)c2)C1. The minimum atomic E-state index is -0.568. The van der Waals surface area contributed by atoms with Gasteiger partial charge in [-0.15, -0.1) is 0 Å². The van der Waals surface area contributed by atoms with Crippen LogP contribution in [0.5, 0.6) is 5.75 Å². The first-order valence-corrected chi connectivity index (χ1v) is 7.37. The molecule has 0 saturated heterocycles. The highest BCUT2D eigenvalue weighted by Gasteiger charge is 2.29. The molecule has 0 aromatic heterocycles. The monoisotopic (exact) mass is 290 g/mol. The van der Waals surface area contributed by atoms with Crippen LogP contribution in [0.3, 0.4) is 0 Å². The molecule has 1 saturated carbocycles. The molecule has 5 nitrogen and oxygen atoms in total. The first kappa shape index (κ1) is 15.8. The Bertz CT molecular complexity index is 481. The molecule has 0 radical (unpaired) electrons. The summed E-state index contributed by atoms with van der Waals surface area (Å²) in [7, 11) is 0. The minimum absolute atomic E-state index is 0.212. The van der Waals surface area contributed by atoms with Crippen LogP contribution < -0.4 is 10.1 Å². The maximum Gasteiger partial charge on any atom is 0.120 e. The van der Waals surface area contributed by atoms with Gasteiger partial charge in [-0.2, -0.15) is 5.26 Å². The molecule has 1 aliphatic rings. The topological polar surface area (TPSA) is 74.5 Å². The first-order valence-electron chi connectivity index (χ1n) is 7.37. The first-order chi connectivity index (χ1) is 10.2. The maximum absolute atomic E-state index is 9.89. The Morgan fingerprint density at radius 1 is 1.48 bits per heavy atom. The van der Waals surface area contributed by atoms with E-state index in [0.29, 0.717) is 30.0 Å². The zero-order valence-corrected chi connectivity index (χ0v) is 12.3. The minimum Gasteiger partial charge on any atom is -0.491 e. The van der Waals surface area contributed by atoms with Crippen molar-refractivity contribution in [1.29, 1.82) is 5.26 Å². The van der Waals surface area contributed by atoms with E-state index in [4.69, 9.17) is 14.7 Å². The molecule has 1 atom stereocenters. The molecule has 0 spiro atoms. The van der Waals surface area contributed by atoms with E-state index >= 15 is 0 Å². The van der Waals surface area contributed by atoms with Crippen LogP contribution in [-0.2, 0) is 4.74 Å². The molecule has 0 amide bonds. The Morgan fingerprint density at radius 2 is 2.29 bits per heavy atom. The Morgan fingerprint density at radius 3 is 3.00 bits per heavy atom. The fourth-order valence-corrected chi connectivity index (χ4v) is 2.31. The Hall–Kier alpha value is -1.61. The molecule has 1 fully saturated rings. The highest BCUT2D eigenvalue weighted by molar-refractivity contribution is 5.36. The van der Waals surface area contributed by atoms with Crippen molar-refractivity contribution < 1.29 is 14.6 Å². The molecular formula is C16H22N2O3. The van der Waals surface area contributed by atoms with Gasteiger partial charge < -0.3 is 19.9 Å². The summed E-state index contributed by atoms with van der Waals surface area (Å²) in [6.07, 6.45) is 1.81. The van der Waals surface area contributed by atoms with Gasteiger partial charge in [0.2, 0.25) is 0 Å². The lowest BCUT2D eigenvalue weighted by atomic mass is 9.89. The van der Waals surface area contributed by atoms with Gasteiger partial charge in [0.05, 0.1) is 17.7 Å². The van der Waals surface area contributed by atoms with E-state index in [0.717, 1.165) is 19.4 Å². The summed E-state index contributed by atoms with van der Waals surface area (Å²) in [6.45, 7) is 3.48. The lowest BCUT2D eigenvalue weighted by Crippen LogP contribution is -2.48. The van der Waals surface area contributed by atoms with Crippen molar-refractivity contribution in [3.05, 3.63) is 29.8 Å². The van der Waals surface area contributed by atoms with Crippen molar-refractivity contribution in [2.75, 3.05) is 19.8 Å². The van der Waals surface area contributed by atoms with E-state index < -0.39 is 6.10 Å². The van der Waals surface area contributed by atoms with Crippen molar-refractivity contribution in [1.82, 2.24) is 5.32 Å². The van der Waals surface area contributed by atoms with Crippen LogP contribution in [0.15, 0.2) is 24.3 Å². The second-order valence-corrected chi connectivity index (χ2v) is 5.26. The quantitative estimate of drug-likeness (QED) is 0.758. The van der Waals surface area contributed by atoms with Crippen LogP contribution in [0, 0.1) is 11.3 Å². The molecule has 0 aliphatic heterocycles. The fourth-order valence-electron chi connectivity index (χ4n) is 2.31. The molecule has 1 unspecified atom stereocenters. The molecular weight excluding hydrogens is 268 g/mol. The zero-order chi connectivity index (χ0) is 15.1. The van der Waals surface area contributed by atoms with Gasteiger partial charge in [-0.3, -0.25) is 0 Å². The molecule has 2 N–H and O–H groups in total. The molecule has 0 bridgehead atoms. The van der Waals surface area contributed by atoms with Crippen molar-refractivity contribution in [2.45, 2.75) is 38.0 Å². The van der Waals surface area contributed by atoms with Crippen LogP contribution in [-0.4, -0.2) is 43.1 Å². The van der Waals surface area contributed by atoms with Gasteiger partial charge in [-0.1, -0.05) is 6.07 Å². The smallest absolute Gasteiger partial charge is 0.120 e. The van der Waals surface area contributed by atoms with Crippen molar-refractivity contribution in [3.63, 3.8) is 0 Å². The Labute approximate surface area is 125 Å². The summed E-state index contributed by atoms with van der Waals surface area (Å²) < 4.78 is 11.0. The van der Waals surface area contributed by atoms with E-state index in [2.05, 4.69) is 11.4 Å². The number of aliphatic hydroxyl groups excluding tert-OH is 1. The van der Waals surface area contributed by atoms with Gasteiger partial charge in [0.25, 0.3) is 0 Å². The third-order valence-corrected chi connectivity index (χ3v) is 3.54. The van der Waals surface area contributed by atoms with E-state index in [9.17, 15) is 5.11 Å². The van der Waals surface area contributed by atoms with E-state index in [1.165, 1.54) is 0 Å². The van der Waals surface area contributed by atoms with Crippen LogP contribution >= 0.6 is 0 Å². The van der Waals surface area contributed by atoms with Gasteiger partial charge in [0.15, 0.2) is 0 Å². The van der Waals surface area contributed by atoms with Crippen LogP contribution in [0.25, 0.3) is 0 Å². The number of nitrogens with zero attached hydrogens (tertiary/aromatic N) is 1. The average Bonchev–Trinajstić information content (AvgIpc) is 2.47. The summed E-state index contributed by atoms with van der Waals surface area (Å²) in [4.78, 5) is 0. The standard InChI is InChI=1S/C16H22N2O3/c1-2-20-16-7-13(8-16)18-10-14(19)11-21-15-5-3-4-12(6-15)9-17/h3-6,13-14,16,18-19H,2,7-8,10-11H2,1H3. The number of aliphatic hydroxyl groups is 1. The van der Waals surface area contributed by atoms with Crippen LogP contribution in [0.4, 0.5) is 0 Å². The molecule has 21 heavy (non-hydrogen) atoms. The summed E-state index contributed by atoms with van der Waals surface area (Å²) in [6, 6.07) is 9.41. The van der Waals surface area contributed by atoms with E-state index in [-0.39, 0.29) is 6.61 Å². The zero-order valence-electron chi connectivity index (χ0n) is 12.3. The molecule has 1 aliphatic carbocycles. The molecule has 1 aromatic carbocycles. The van der Waals surface area contributed by atoms with Gasteiger partial charge in [0.1, 0.15) is 18.5 Å². The Kier molecular flexibility index (Phi) is 6.00. The second-order valence-electron chi connectivity index (χ2n) is 5.26. The van der Waals surface area contributed by atoms with Crippen LogP contribution in [0.2, 0.25) is 0 Å². The molecule has 2 rings (SSSR count). The van der Waals surface area contributed by atoms with Gasteiger partial charge >= 0.3 is 0 Å². The number of hydrogen-bond donors (Lipinski definition) is 2. The molecule has 0 heterocycles. The van der Waals surface area contributed by atoms with Crippen molar-refractivity contribution in [3.8, 4) is 11.8 Å². The lowest BCUT2D eigenvalue weighted by molar-refractivity contribution is -0.0134. The lowest BCUT2D eigenvalue weighted by Gasteiger charge is -2.36. The third-order valence-electron chi connectivity index (χ3n) is 3.54. The predicted octanol–water partition coefficient (Wildman–Crippen LogP) is 1.46.